The summed E-state index contributed by atoms with van der Waals surface area (Å²) in [6.45, 7) is 16.1. The third-order valence-electron chi connectivity index (χ3n) is 8.17. The molecule has 0 aliphatic heterocycles. The largest absolute Gasteiger partial charge is 0.364 e. The lowest BCUT2D eigenvalue weighted by atomic mass is 10.0. The summed E-state index contributed by atoms with van der Waals surface area (Å²) >= 11 is 17.0. The van der Waals surface area contributed by atoms with Crippen molar-refractivity contribution in [1.82, 2.24) is 0 Å². The van der Waals surface area contributed by atoms with E-state index < -0.39 is 5.72 Å². The quantitative estimate of drug-likeness (QED) is 0.121. The highest BCUT2D eigenvalue weighted by Gasteiger charge is 2.33. The minimum atomic E-state index is -0.734. The maximum Gasteiger partial charge on any atom is 0.244 e. The Bertz CT molecular complexity index is 1500. The Hall–Kier alpha value is -3.14. The minimum Gasteiger partial charge on any atom is -0.364 e. The SMILES string of the molecule is CC(C)N(C(=O)CCl)c1ccccc1.CCc1cccc(C)c1N(C(=O)CCl)C(C)(C)OC.CCc1cccc(CC)c1N(COC)C(=O)CCl. The highest BCUT2D eigenvalue weighted by atomic mass is 35.5. The summed E-state index contributed by atoms with van der Waals surface area (Å²) in [5.74, 6) is -0.429. The molecule has 0 saturated carbocycles. The molecule has 0 saturated heterocycles. The number of rotatable bonds is 14. The smallest absolute Gasteiger partial charge is 0.244 e. The second kappa shape index (κ2) is 23.4. The molecule has 0 aromatic heterocycles. The van der Waals surface area contributed by atoms with Crippen LogP contribution in [0.25, 0.3) is 0 Å². The van der Waals surface area contributed by atoms with E-state index in [1.165, 1.54) is 0 Å². The van der Waals surface area contributed by atoms with Gasteiger partial charge in [0.25, 0.3) is 0 Å². The number of hydrogen-bond donors (Lipinski definition) is 0. The summed E-state index contributed by atoms with van der Waals surface area (Å²) < 4.78 is 10.6. The van der Waals surface area contributed by atoms with E-state index in [4.69, 9.17) is 44.3 Å². The number of nitrogens with zero attached hydrogens (tertiary/aromatic N) is 3. The van der Waals surface area contributed by atoms with Crippen molar-refractivity contribution in [3.63, 3.8) is 0 Å². The third kappa shape index (κ3) is 13.1. The lowest BCUT2D eigenvalue weighted by molar-refractivity contribution is -0.121. The molecule has 8 nitrogen and oxygen atoms in total. The fourth-order valence-corrected chi connectivity index (χ4v) is 5.97. The Kier molecular flexibility index (Phi) is 21.1. The van der Waals surface area contributed by atoms with Gasteiger partial charge in [0.1, 0.15) is 30.1 Å². The molecule has 0 N–H and O–H groups in total. The van der Waals surface area contributed by atoms with Crippen LogP contribution < -0.4 is 14.7 Å². The van der Waals surface area contributed by atoms with Gasteiger partial charge < -0.3 is 14.4 Å². The molecule has 0 atom stereocenters. The number of para-hydroxylation sites is 3. The Labute approximate surface area is 320 Å². The molecule has 3 aromatic rings. The summed E-state index contributed by atoms with van der Waals surface area (Å²) in [5, 5.41) is 0. The van der Waals surface area contributed by atoms with Crippen LogP contribution in [0, 0.1) is 6.92 Å². The molecule has 0 radical (unpaired) electrons. The van der Waals surface area contributed by atoms with Crippen LogP contribution in [0.15, 0.2) is 66.7 Å². The highest BCUT2D eigenvalue weighted by Crippen LogP contribution is 2.32. The van der Waals surface area contributed by atoms with E-state index in [9.17, 15) is 14.4 Å². The zero-order chi connectivity index (χ0) is 38.7. The third-order valence-corrected chi connectivity index (χ3v) is 8.86. The molecule has 0 aliphatic rings. The summed E-state index contributed by atoms with van der Waals surface area (Å²) in [7, 11) is 3.17. The normalized spacial score (nSPS) is 10.8. The maximum atomic E-state index is 12.3. The number of ether oxygens (including phenoxy) is 2. The molecule has 0 aliphatic carbocycles. The molecule has 0 unspecified atom stereocenters. The maximum absolute atomic E-state index is 12.3. The van der Waals surface area contributed by atoms with E-state index in [2.05, 4.69) is 20.8 Å². The average molecular weight is 765 g/mol. The standard InChI is InChI=1S/C15H22ClNO2.C14H20ClNO2.C11H14ClNO/c1-6-12-9-7-8-11(2)14(12)17(13(18)10-16)15(3,4)19-5;1-4-11-7-6-8-12(5-2)14(11)16(10-18-3)13(17)9-15;1-9(2)13(11(14)8-12)10-6-4-3-5-7-10/h7-9H,6,10H2,1-5H3;6-8H,4-5,9-10H2,1-3H3;3-7,9H,8H2,1-2H3. The van der Waals surface area contributed by atoms with E-state index in [-0.39, 0.29) is 48.1 Å². The topological polar surface area (TPSA) is 79.4 Å². The number of hydrogen-bond acceptors (Lipinski definition) is 5. The fourth-order valence-electron chi connectivity index (χ4n) is 5.58. The first-order valence-electron chi connectivity index (χ1n) is 17.2. The van der Waals surface area contributed by atoms with Crippen LogP contribution in [0.1, 0.15) is 70.7 Å². The first kappa shape index (κ1) is 45.9. The van der Waals surface area contributed by atoms with Gasteiger partial charge in [-0.1, -0.05) is 75.4 Å². The van der Waals surface area contributed by atoms with Gasteiger partial charge in [-0.05, 0) is 88.3 Å². The summed E-state index contributed by atoms with van der Waals surface area (Å²) in [6.07, 6.45) is 2.60. The predicted molar refractivity (Wildman–Crippen MR) is 215 cm³/mol. The van der Waals surface area contributed by atoms with Crippen molar-refractivity contribution in [3.8, 4) is 0 Å². The van der Waals surface area contributed by atoms with E-state index in [0.717, 1.165) is 58.6 Å². The number of anilines is 3. The van der Waals surface area contributed by atoms with Crippen molar-refractivity contribution in [2.75, 3.05) is 53.3 Å². The number of amides is 3. The van der Waals surface area contributed by atoms with Gasteiger partial charge in [-0.2, -0.15) is 0 Å². The molecule has 3 aromatic carbocycles. The van der Waals surface area contributed by atoms with Crippen LogP contribution in [0.2, 0.25) is 0 Å². The Morgan fingerprint density at radius 3 is 1.57 bits per heavy atom. The first-order chi connectivity index (χ1) is 24.2. The molecule has 0 spiro atoms. The molecular formula is C40H56Cl3N3O5. The Morgan fingerprint density at radius 1 is 0.686 bits per heavy atom. The monoisotopic (exact) mass is 763 g/mol. The zero-order valence-corrected chi connectivity index (χ0v) is 34.2. The molecule has 282 valence electrons. The van der Waals surface area contributed by atoms with Crippen molar-refractivity contribution in [3.05, 3.63) is 89.0 Å². The molecule has 0 bridgehead atoms. The number of carbonyl (C=O) groups is 3. The lowest BCUT2D eigenvalue weighted by Crippen LogP contribution is -2.50. The van der Waals surface area contributed by atoms with Gasteiger partial charge in [0.05, 0.1) is 11.4 Å². The summed E-state index contributed by atoms with van der Waals surface area (Å²) in [4.78, 5) is 40.7. The van der Waals surface area contributed by atoms with E-state index in [0.29, 0.717) is 0 Å². The van der Waals surface area contributed by atoms with Crippen LogP contribution in [0.4, 0.5) is 17.1 Å². The number of benzene rings is 3. The second-order valence-electron chi connectivity index (χ2n) is 12.3. The van der Waals surface area contributed by atoms with Crippen molar-refractivity contribution >= 4 is 69.6 Å². The van der Waals surface area contributed by atoms with Crippen LogP contribution in [0.3, 0.4) is 0 Å². The summed E-state index contributed by atoms with van der Waals surface area (Å²) in [5.41, 5.74) is 6.47. The van der Waals surface area contributed by atoms with Gasteiger partial charge in [0, 0.05) is 25.9 Å². The van der Waals surface area contributed by atoms with Gasteiger partial charge in [-0.25, -0.2) is 0 Å². The van der Waals surface area contributed by atoms with Crippen LogP contribution in [-0.2, 0) is 43.1 Å². The van der Waals surface area contributed by atoms with Gasteiger partial charge in [-0.3, -0.25) is 24.2 Å². The predicted octanol–water partition coefficient (Wildman–Crippen LogP) is 9.17. The van der Waals surface area contributed by atoms with Crippen LogP contribution in [-0.4, -0.2) is 68.1 Å². The van der Waals surface area contributed by atoms with Crippen molar-refractivity contribution in [2.24, 2.45) is 0 Å². The van der Waals surface area contributed by atoms with Crippen LogP contribution >= 0.6 is 34.8 Å². The van der Waals surface area contributed by atoms with E-state index in [1.807, 2.05) is 101 Å². The molecule has 3 amide bonds. The number of halogens is 3. The molecular weight excluding hydrogens is 709 g/mol. The molecule has 0 heterocycles. The Morgan fingerprint density at radius 2 is 1.16 bits per heavy atom. The van der Waals surface area contributed by atoms with Gasteiger partial charge in [-0.15, -0.1) is 34.8 Å². The lowest BCUT2D eigenvalue weighted by Gasteiger charge is -2.39. The highest BCUT2D eigenvalue weighted by molar-refractivity contribution is 6.30. The van der Waals surface area contributed by atoms with E-state index in [1.54, 1.807) is 28.9 Å². The van der Waals surface area contributed by atoms with Crippen molar-refractivity contribution in [1.29, 1.82) is 0 Å². The van der Waals surface area contributed by atoms with Crippen molar-refractivity contribution < 1.29 is 23.9 Å². The molecule has 11 heteroatoms. The minimum absolute atomic E-state index is 0.0209. The van der Waals surface area contributed by atoms with Crippen molar-refractivity contribution in [2.45, 2.75) is 86.4 Å². The van der Waals surface area contributed by atoms with Gasteiger partial charge >= 0.3 is 0 Å². The zero-order valence-electron chi connectivity index (χ0n) is 31.9. The number of methoxy groups -OCH3 is 2. The summed E-state index contributed by atoms with van der Waals surface area (Å²) in [6, 6.07) is 21.8. The molecule has 51 heavy (non-hydrogen) atoms. The Balaban J connectivity index is 0.000000387. The molecule has 3 rings (SSSR count). The number of aryl methyl sites for hydroxylation is 4. The number of alkyl halides is 3. The second-order valence-corrected chi connectivity index (χ2v) is 13.1. The fraction of sp³-hybridized carbons (Fsp3) is 0.475. The molecule has 0 fully saturated rings. The van der Waals surface area contributed by atoms with Gasteiger partial charge in [0.15, 0.2) is 0 Å². The average Bonchev–Trinajstić information content (AvgIpc) is 3.14. The van der Waals surface area contributed by atoms with E-state index >= 15 is 0 Å². The first-order valence-corrected chi connectivity index (χ1v) is 18.8. The van der Waals surface area contributed by atoms with Crippen LogP contribution in [0.5, 0.6) is 0 Å². The van der Waals surface area contributed by atoms with Gasteiger partial charge in [0.2, 0.25) is 17.7 Å². The number of carbonyl (C=O) groups excluding carboxylic acids is 3.